The lowest BCUT2D eigenvalue weighted by Gasteiger charge is -2.39. The molecule has 3 nitrogen and oxygen atoms in total. The Labute approximate surface area is 178 Å². The minimum Gasteiger partial charge on any atom is -0.348 e. The number of hydrogen-bond donors (Lipinski definition) is 1. The molecule has 0 fully saturated rings. The van der Waals surface area contributed by atoms with Crippen molar-refractivity contribution in [1.82, 2.24) is 9.47 Å². The molecule has 1 aliphatic heterocycles. The standard InChI is InChI=1S/C20H16Cl3N3S/c21-13-3-6-15(7-4-13)24-20(27)26-11-10-25-9-1-2-18(25)19(26)16-8-5-14(22)12-17(16)23/h1-9,12,19H,10-11H2,(H,24,27)/t19-/m1/s1. The van der Waals surface area contributed by atoms with Gasteiger partial charge in [-0.2, -0.15) is 0 Å². The van der Waals surface area contributed by atoms with Crippen LogP contribution >= 0.6 is 47.0 Å². The minimum atomic E-state index is -0.0918. The van der Waals surface area contributed by atoms with Gasteiger partial charge in [0.2, 0.25) is 0 Å². The molecule has 0 amide bonds. The highest BCUT2D eigenvalue weighted by Crippen LogP contribution is 2.37. The summed E-state index contributed by atoms with van der Waals surface area (Å²) < 4.78 is 2.23. The van der Waals surface area contributed by atoms with E-state index in [2.05, 4.69) is 27.0 Å². The Morgan fingerprint density at radius 3 is 2.44 bits per heavy atom. The number of nitrogens with one attached hydrogen (secondary N) is 1. The van der Waals surface area contributed by atoms with Crippen molar-refractivity contribution in [2.45, 2.75) is 12.6 Å². The first-order valence-electron chi connectivity index (χ1n) is 8.46. The molecule has 2 aromatic carbocycles. The molecule has 1 atom stereocenters. The SMILES string of the molecule is S=C(Nc1ccc(Cl)cc1)N1CCn2cccc2[C@H]1c1ccc(Cl)cc1Cl. The number of halogens is 3. The zero-order valence-electron chi connectivity index (χ0n) is 14.2. The molecule has 2 heterocycles. The maximum atomic E-state index is 6.55. The van der Waals surface area contributed by atoms with Crippen LogP contribution in [0.25, 0.3) is 0 Å². The zero-order chi connectivity index (χ0) is 19.0. The van der Waals surface area contributed by atoms with E-state index in [1.807, 2.05) is 42.5 Å². The molecule has 0 unspecified atom stereocenters. The second-order valence-corrected chi connectivity index (χ2v) is 7.99. The molecule has 0 spiro atoms. The van der Waals surface area contributed by atoms with Crippen LogP contribution in [-0.4, -0.2) is 21.1 Å². The molecule has 3 aromatic rings. The fourth-order valence-electron chi connectivity index (χ4n) is 3.38. The fourth-order valence-corrected chi connectivity index (χ4v) is 4.33. The van der Waals surface area contributed by atoms with Crippen LogP contribution in [0.15, 0.2) is 60.8 Å². The van der Waals surface area contributed by atoms with Crippen LogP contribution in [0, 0.1) is 0 Å². The summed E-state index contributed by atoms with van der Waals surface area (Å²) in [5.74, 6) is 0. The van der Waals surface area contributed by atoms with Gasteiger partial charge >= 0.3 is 0 Å². The number of fused-ring (bicyclic) bond motifs is 1. The highest BCUT2D eigenvalue weighted by Gasteiger charge is 2.32. The number of benzene rings is 2. The summed E-state index contributed by atoms with van der Waals surface area (Å²) in [4.78, 5) is 2.16. The van der Waals surface area contributed by atoms with Crippen LogP contribution in [0.3, 0.4) is 0 Å². The van der Waals surface area contributed by atoms with E-state index in [1.165, 1.54) is 0 Å². The summed E-state index contributed by atoms with van der Waals surface area (Å²) >= 11 is 24.4. The number of anilines is 1. The third-order valence-electron chi connectivity index (χ3n) is 4.65. The Balaban J connectivity index is 1.70. The first kappa shape index (κ1) is 18.6. The summed E-state index contributed by atoms with van der Waals surface area (Å²) in [6.45, 7) is 1.62. The second kappa shape index (κ2) is 7.72. The lowest BCUT2D eigenvalue weighted by molar-refractivity contribution is 0.293. The number of hydrogen-bond acceptors (Lipinski definition) is 1. The van der Waals surface area contributed by atoms with Crippen molar-refractivity contribution in [3.63, 3.8) is 0 Å². The average Bonchev–Trinajstić information content (AvgIpc) is 3.12. The third kappa shape index (κ3) is 3.81. The van der Waals surface area contributed by atoms with Gasteiger partial charge in [0.15, 0.2) is 5.11 Å². The van der Waals surface area contributed by atoms with Crippen molar-refractivity contribution in [1.29, 1.82) is 0 Å². The van der Waals surface area contributed by atoms with Crippen molar-refractivity contribution in [2.75, 3.05) is 11.9 Å². The van der Waals surface area contributed by atoms with E-state index in [1.54, 1.807) is 6.07 Å². The highest BCUT2D eigenvalue weighted by molar-refractivity contribution is 7.80. The minimum absolute atomic E-state index is 0.0918. The molecule has 7 heteroatoms. The van der Waals surface area contributed by atoms with Crippen LogP contribution < -0.4 is 5.32 Å². The number of aromatic nitrogens is 1. The van der Waals surface area contributed by atoms with Crippen molar-refractivity contribution < 1.29 is 0 Å². The molecule has 1 aromatic heterocycles. The second-order valence-electron chi connectivity index (χ2n) is 6.33. The Morgan fingerprint density at radius 1 is 0.963 bits per heavy atom. The Morgan fingerprint density at radius 2 is 1.70 bits per heavy atom. The largest absolute Gasteiger partial charge is 0.348 e. The van der Waals surface area contributed by atoms with E-state index in [-0.39, 0.29) is 6.04 Å². The van der Waals surface area contributed by atoms with Gasteiger partial charge in [0, 0.05) is 45.7 Å². The molecular weight excluding hydrogens is 421 g/mol. The molecule has 0 saturated carbocycles. The predicted molar refractivity (Wildman–Crippen MR) is 117 cm³/mol. The predicted octanol–water partition coefficient (Wildman–Crippen LogP) is 6.25. The normalized spacial score (nSPS) is 16.1. The topological polar surface area (TPSA) is 20.2 Å². The number of rotatable bonds is 2. The van der Waals surface area contributed by atoms with Crippen LogP contribution in [0.5, 0.6) is 0 Å². The van der Waals surface area contributed by atoms with Crippen molar-refractivity contribution >= 4 is 57.8 Å². The number of thiocarbonyl (C=S) groups is 1. The molecule has 4 rings (SSSR count). The van der Waals surface area contributed by atoms with Crippen molar-refractivity contribution in [2.24, 2.45) is 0 Å². The first-order chi connectivity index (χ1) is 13.0. The van der Waals surface area contributed by atoms with Crippen LogP contribution in [0.2, 0.25) is 15.1 Å². The summed E-state index contributed by atoms with van der Waals surface area (Å²) in [7, 11) is 0. The summed E-state index contributed by atoms with van der Waals surface area (Å²) in [6.07, 6.45) is 2.08. The van der Waals surface area contributed by atoms with Gasteiger partial charge in [-0.25, -0.2) is 0 Å². The van der Waals surface area contributed by atoms with E-state index < -0.39 is 0 Å². The third-order valence-corrected chi connectivity index (χ3v) is 5.80. The fraction of sp³-hybridized carbons (Fsp3) is 0.150. The maximum Gasteiger partial charge on any atom is 0.174 e. The Bertz CT molecular complexity index is 984. The maximum absolute atomic E-state index is 6.55. The van der Waals surface area contributed by atoms with Crippen LogP contribution in [-0.2, 0) is 6.54 Å². The highest BCUT2D eigenvalue weighted by atomic mass is 35.5. The van der Waals surface area contributed by atoms with E-state index in [9.17, 15) is 0 Å². The quantitative estimate of drug-likeness (QED) is 0.479. The Kier molecular flexibility index (Phi) is 5.33. The zero-order valence-corrected chi connectivity index (χ0v) is 17.3. The Hall–Kier alpha value is -1.72. The lowest BCUT2D eigenvalue weighted by atomic mass is 10.00. The smallest absolute Gasteiger partial charge is 0.174 e. The molecular formula is C20H16Cl3N3S. The molecule has 0 saturated heterocycles. The van der Waals surface area contributed by atoms with E-state index >= 15 is 0 Å². The molecule has 0 aliphatic carbocycles. The van der Waals surface area contributed by atoms with Gasteiger partial charge in [0.1, 0.15) is 0 Å². The van der Waals surface area contributed by atoms with Crippen molar-refractivity contribution in [3.8, 4) is 0 Å². The molecule has 0 radical (unpaired) electrons. The monoisotopic (exact) mass is 435 g/mol. The summed E-state index contributed by atoms with van der Waals surface area (Å²) in [6, 6.07) is 17.1. The molecule has 138 valence electrons. The molecule has 27 heavy (non-hydrogen) atoms. The lowest BCUT2D eigenvalue weighted by Crippen LogP contribution is -2.44. The van der Waals surface area contributed by atoms with Gasteiger partial charge < -0.3 is 14.8 Å². The first-order valence-corrected chi connectivity index (χ1v) is 10.0. The van der Waals surface area contributed by atoms with Gasteiger partial charge in [0.05, 0.1) is 6.04 Å². The van der Waals surface area contributed by atoms with Gasteiger partial charge in [-0.05, 0) is 66.3 Å². The van der Waals surface area contributed by atoms with Crippen molar-refractivity contribution in [3.05, 3.63) is 87.1 Å². The molecule has 1 N–H and O–H groups in total. The van der Waals surface area contributed by atoms with Gasteiger partial charge in [-0.3, -0.25) is 0 Å². The van der Waals surface area contributed by atoms with Crippen LogP contribution in [0.1, 0.15) is 17.3 Å². The molecule has 0 bridgehead atoms. The van der Waals surface area contributed by atoms with E-state index in [0.29, 0.717) is 20.2 Å². The van der Waals surface area contributed by atoms with Gasteiger partial charge in [-0.15, -0.1) is 0 Å². The average molecular weight is 437 g/mol. The van der Waals surface area contributed by atoms with Gasteiger partial charge in [0.25, 0.3) is 0 Å². The van der Waals surface area contributed by atoms with E-state index in [4.69, 9.17) is 47.0 Å². The summed E-state index contributed by atoms with van der Waals surface area (Å²) in [5.41, 5.74) is 3.01. The van der Waals surface area contributed by atoms with Crippen LogP contribution in [0.4, 0.5) is 5.69 Å². The molecule has 1 aliphatic rings. The summed E-state index contributed by atoms with van der Waals surface area (Å²) in [5, 5.41) is 5.88. The number of nitrogens with zero attached hydrogens (tertiary/aromatic N) is 2. The van der Waals surface area contributed by atoms with Gasteiger partial charge in [-0.1, -0.05) is 40.9 Å². The van der Waals surface area contributed by atoms with E-state index in [0.717, 1.165) is 30.0 Å².